The maximum Gasteiger partial charge on any atom is 0.323 e. The fraction of sp³-hybridized carbons (Fsp3) is 0.227. The molecule has 1 atom stereocenters. The van der Waals surface area contributed by atoms with Gasteiger partial charge >= 0.3 is 6.03 Å². The van der Waals surface area contributed by atoms with E-state index in [0.717, 1.165) is 5.39 Å². The number of hydrogen-bond acceptors (Lipinski definition) is 4. The first-order valence-electron chi connectivity index (χ1n) is 10.0. The molecule has 0 aliphatic carbocycles. The molecule has 0 radical (unpaired) electrons. The van der Waals surface area contributed by atoms with Gasteiger partial charge in [0.2, 0.25) is 11.8 Å². The predicted molar refractivity (Wildman–Crippen MR) is 117 cm³/mol. The molecular weight excluding hydrogens is 437 g/mol. The first-order chi connectivity index (χ1) is 15.4. The van der Waals surface area contributed by atoms with Gasteiger partial charge in [-0.25, -0.2) is 14.6 Å². The van der Waals surface area contributed by atoms with E-state index in [-0.39, 0.29) is 29.5 Å². The lowest BCUT2D eigenvalue weighted by atomic mass is 10.1. The second-order valence-corrected chi connectivity index (χ2v) is 7.87. The van der Waals surface area contributed by atoms with Gasteiger partial charge in [0.05, 0.1) is 17.0 Å². The minimum Gasteiger partial charge on any atom is -0.351 e. The summed E-state index contributed by atoms with van der Waals surface area (Å²) in [7, 11) is 0. The minimum atomic E-state index is -0.741. The van der Waals surface area contributed by atoms with Gasteiger partial charge in [-0.1, -0.05) is 41.9 Å². The summed E-state index contributed by atoms with van der Waals surface area (Å²) in [6.07, 6.45) is 1.93. The number of aromatic nitrogens is 1. The summed E-state index contributed by atoms with van der Waals surface area (Å²) in [6, 6.07) is 10.3. The summed E-state index contributed by atoms with van der Waals surface area (Å²) in [5.41, 5.74) is 9.86. The van der Waals surface area contributed by atoms with Crippen LogP contribution in [0, 0.1) is 5.82 Å². The lowest BCUT2D eigenvalue weighted by Crippen LogP contribution is -2.50. The van der Waals surface area contributed by atoms with Crippen LogP contribution in [0.4, 0.5) is 9.18 Å². The Bertz CT molecular complexity index is 1210. The topological polar surface area (TPSA) is 109 Å². The van der Waals surface area contributed by atoms with Gasteiger partial charge < -0.3 is 11.1 Å². The Balaban J connectivity index is 1.47. The number of fused-ring (bicyclic) bond motifs is 1. The van der Waals surface area contributed by atoms with Crippen LogP contribution >= 0.6 is 11.6 Å². The molecule has 4 N–H and O–H groups in total. The van der Waals surface area contributed by atoms with Gasteiger partial charge in [0, 0.05) is 30.2 Å². The molecule has 32 heavy (non-hydrogen) atoms. The molecule has 1 fully saturated rings. The van der Waals surface area contributed by atoms with E-state index in [9.17, 15) is 18.8 Å². The summed E-state index contributed by atoms with van der Waals surface area (Å²) in [6.45, 7) is 0.397. The van der Waals surface area contributed by atoms with Crippen molar-refractivity contribution in [3.05, 3.63) is 70.6 Å². The van der Waals surface area contributed by atoms with E-state index < -0.39 is 23.8 Å². The number of nitrogens with one attached hydrogen (secondary N) is 2. The molecule has 10 heteroatoms. The highest BCUT2D eigenvalue weighted by molar-refractivity contribution is 6.30. The van der Waals surface area contributed by atoms with E-state index in [1.54, 1.807) is 30.3 Å². The normalized spacial score (nSPS) is 15.8. The zero-order valence-electron chi connectivity index (χ0n) is 17.0. The molecule has 1 aliphatic heterocycles. The molecular formula is C22H21ClFN5O3. The van der Waals surface area contributed by atoms with E-state index >= 15 is 0 Å². The number of benzene rings is 2. The predicted octanol–water partition coefficient (Wildman–Crippen LogP) is 2.33. The van der Waals surface area contributed by atoms with E-state index in [1.807, 2.05) is 0 Å². The Morgan fingerprint density at radius 1 is 1.16 bits per heavy atom. The van der Waals surface area contributed by atoms with E-state index in [4.69, 9.17) is 17.3 Å². The third kappa shape index (κ3) is 4.17. The summed E-state index contributed by atoms with van der Waals surface area (Å²) < 4.78 is 15.4. The molecule has 0 saturated carbocycles. The summed E-state index contributed by atoms with van der Waals surface area (Å²) in [5, 5.41) is 4.67. The van der Waals surface area contributed by atoms with Crippen LogP contribution < -0.4 is 16.5 Å². The van der Waals surface area contributed by atoms with Crippen LogP contribution in [-0.2, 0) is 22.6 Å². The van der Waals surface area contributed by atoms with Gasteiger partial charge in [-0.3, -0.25) is 19.2 Å². The summed E-state index contributed by atoms with van der Waals surface area (Å²) >= 11 is 5.78. The van der Waals surface area contributed by atoms with Crippen molar-refractivity contribution in [2.24, 2.45) is 5.73 Å². The van der Waals surface area contributed by atoms with Crippen molar-refractivity contribution >= 4 is 40.3 Å². The van der Waals surface area contributed by atoms with Gasteiger partial charge in [0.1, 0.15) is 11.9 Å². The van der Waals surface area contributed by atoms with Crippen LogP contribution in [0.1, 0.15) is 17.5 Å². The Hall–Kier alpha value is -3.43. The van der Waals surface area contributed by atoms with Crippen molar-refractivity contribution in [2.75, 3.05) is 6.54 Å². The number of hydrogen-bond donors (Lipinski definition) is 3. The summed E-state index contributed by atoms with van der Waals surface area (Å²) in [4.78, 5) is 37.5. The average Bonchev–Trinajstić information content (AvgIpc) is 3.40. The van der Waals surface area contributed by atoms with Crippen molar-refractivity contribution in [3.8, 4) is 0 Å². The molecule has 2 heterocycles. The molecule has 8 nitrogen and oxygen atoms in total. The number of halogens is 2. The number of hydrazine groups is 1. The highest BCUT2D eigenvalue weighted by Gasteiger charge is 2.34. The Kier molecular flexibility index (Phi) is 6.11. The second kappa shape index (κ2) is 8.97. The van der Waals surface area contributed by atoms with Crippen molar-refractivity contribution in [1.82, 2.24) is 20.3 Å². The van der Waals surface area contributed by atoms with Crippen molar-refractivity contribution in [1.29, 1.82) is 0 Å². The van der Waals surface area contributed by atoms with Crippen LogP contribution in [0.2, 0.25) is 5.02 Å². The minimum absolute atomic E-state index is 0.0220. The van der Waals surface area contributed by atoms with Crippen molar-refractivity contribution in [3.63, 3.8) is 0 Å². The first-order valence-corrected chi connectivity index (χ1v) is 10.4. The van der Waals surface area contributed by atoms with Gasteiger partial charge in [-0.15, -0.1) is 0 Å². The number of carbonyl (C=O) groups is 3. The number of nitrogens with zero attached hydrogens (tertiary/aromatic N) is 2. The molecule has 1 aliphatic rings. The van der Waals surface area contributed by atoms with Gasteiger partial charge in [-0.05, 0) is 24.1 Å². The number of carbonyl (C=O) groups excluding carboxylic acids is 3. The molecule has 0 unspecified atom stereocenters. The van der Waals surface area contributed by atoms with Crippen LogP contribution in [0.3, 0.4) is 0 Å². The second-order valence-electron chi connectivity index (χ2n) is 7.46. The lowest BCUT2D eigenvalue weighted by Gasteiger charge is -2.23. The number of nitrogens with two attached hydrogens (primary N) is 1. The quantitative estimate of drug-likeness (QED) is 0.546. The van der Waals surface area contributed by atoms with Crippen molar-refractivity contribution in [2.45, 2.75) is 25.4 Å². The van der Waals surface area contributed by atoms with E-state index in [1.165, 1.54) is 27.9 Å². The van der Waals surface area contributed by atoms with E-state index in [0.29, 0.717) is 24.0 Å². The fourth-order valence-electron chi connectivity index (χ4n) is 3.88. The molecule has 0 bridgehead atoms. The zero-order valence-corrected chi connectivity index (χ0v) is 17.7. The Morgan fingerprint density at radius 2 is 1.94 bits per heavy atom. The van der Waals surface area contributed by atoms with Gasteiger partial charge in [0.25, 0.3) is 0 Å². The standard InChI is InChI=1S/C22H21ClFN5O3/c23-16-6-3-4-13(20(16)24)11-26-21(31)18-8-9-27-29(18)19(30)10-14-12-28(22(25)32)17-7-2-1-5-15(14)17/h1-7,12,18,27H,8-11H2,(H2,25,32)(H,26,31)/t18-/m1/s1. The molecule has 1 aromatic heterocycles. The van der Waals surface area contributed by atoms with E-state index in [2.05, 4.69) is 10.7 Å². The Labute approximate surface area is 188 Å². The Morgan fingerprint density at radius 3 is 2.72 bits per heavy atom. The number of para-hydroxylation sites is 1. The number of amides is 3. The lowest BCUT2D eigenvalue weighted by molar-refractivity contribution is -0.140. The third-order valence-corrected chi connectivity index (χ3v) is 5.73. The largest absolute Gasteiger partial charge is 0.351 e. The maximum atomic E-state index is 14.1. The zero-order chi connectivity index (χ0) is 22.8. The van der Waals surface area contributed by atoms with Crippen LogP contribution in [0.5, 0.6) is 0 Å². The molecule has 3 amide bonds. The highest BCUT2D eigenvalue weighted by Crippen LogP contribution is 2.23. The monoisotopic (exact) mass is 457 g/mol. The molecule has 3 aromatic rings. The van der Waals surface area contributed by atoms with Crippen LogP contribution in [-0.4, -0.2) is 40.0 Å². The molecule has 4 rings (SSSR count). The SMILES string of the molecule is NC(=O)n1cc(CC(=O)N2NCC[C@@H]2C(=O)NCc2cccc(Cl)c2F)c2ccccc21. The number of primary amides is 1. The maximum absolute atomic E-state index is 14.1. The summed E-state index contributed by atoms with van der Waals surface area (Å²) in [5.74, 6) is -1.32. The third-order valence-electron chi connectivity index (χ3n) is 5.44. The molecule has 166 valence electrons. The molecule has 2 aromatic carbocycles. The molecule has 0 spiro atoms. The van der Waals surface area contributed by atoms with Gasteiger partial charge in [0.15, 0.2) is 0 Å². The smallest absolute Gasteiger partial charge is 0.323 e. The van der Waals surface area contributed by atoms with Gasteiger partial charge in [-0.2, -0.15) is 0 Å². The fourth-order valence-corrected chi connectivity index (χ4v) is 4.07. The average molecular weight is 458 g/mol. The molecule has 1 saturated heterocycles. The van der Waals surface area contributed by atoms with Crippen LogP contribution in [0.25, 0.3) is 10.9 Å². The van der Waals surface area contributed by atoms with Crippen LogP contribution in [0.15, 0.2) is 48.7 Å². The number of rotatable bonds is 5. The first kappa shape index (κ1) is 21.8. The highest BCUT2D eigenvalue weighted by atomic mass is 35.5. The van der Waals surface area contributed by atoms with Crippen molar-refractivity contribution < 1.29 is 18.8 Å².